The molecule has 5 heteroatoms. The standard InChI is InChI=1S/C18H25O3Si.C5H5.Fe/c1-19-22(3,20-2)14-6-13-21-15-16-9-11-18(12-10-16)17-7-4-5-8-17;1-2-4-5-3-1;/h4-5,7-12H,6,13-15H2,1-3H3;1-5H;/q2*-1;+2. The number of ether oxygens (including phenoxy) is 1. The second-order valence-corrected chi connectivity index (χ2v) is 10.1. The average Bonchev–Trinajstić information content (AvgIpc) is 3.44. The summed E-state index contributed by atoms with van der Waals surface area (Å²) in [4.78, 5) is 0. The van der Waals surface area contributed by atoms with Crippen molar-refractivity contribution in [2.45, 2.75) is 25.6 Å². The van der Waals surface area contributed by atoms with Crippen LogP contribution in [0.2, 0.25) is 12.6 Å². The van der Waals surface area contributed by atoms with E-state index in [1.807, 2.05) is 30.3 Å². The van der Waals surface area contributed by atoms with Crippen molar-refractivity contribution in [2.75, 3.05) is 20.8 Å². The van der Waals surface area contributed by atoms with Crippen molar-refractivity contribution in [3.63, 3.8) is 0 Å². The minimum absolute atomic E-state index is 0. The van der Waals surface area contributed by atoms with Gasteiger partial charge in [-0.1, -0.05) is 17.7 Å². The molecule has 0 bridgehead atoms. The Balaban J connectivity index is 0.000000567. The fourth-order valence-corrected chi connectivity index (χ4v) is 4.01. The molecule has 0 aliphatic rings. The summed E-state index contributed by atoms with van der Waals surface area (Å²) in [5.41, 5.74) is 3.71. The van der Waals surface area contributed by atoms with Gasteiger partial charge in [0, 0.05) is 20.8 Å². The number of benzene rings is 1. The molecule has 0 unspecified atom stereocenters. The van der Waals surface area contributed by atoms with Gasteiger partial charge in [0.05, 0.1) is 6.61 Å². The maximum atomic E-state index is 5.75. The van der Waals surface area contributed by atoms with Crippen molar-refractivity contribution in [1.29, 1.82) is 0 Å². The van der Waals surface area contributed by atoms with Crippen LogP contribution in [0.25, 0.3) is 11.1 Å². The number of hydrogen-bond donors (Lipinski definition) is 0. The molecule has 0 aromatic heterocycles. The first kappa shape index (κ1) is 24.6. The molecule has 0 saturated carbocycles. The zero-order valence-electron chi connectivity index (χ0n) is 16.9. The van der Waals surface area contributed by atoms with Crippen molar-refractivity contribution in [3.8, 4) is 11.1 Å². The smallest absolute Gasteiger partial charge is 0.398 e. The summed E-state index contributed by atoms with van der Waals surface area (Å²) in [5, 5.41) is 0. The number of rotatable bonds is 9. The Bertz CT molecular complexity index is 688. The van der Waals surface area contributed by atoms with Crippen LogP contribution in [-0.4, -0.2) is 29.4 Å². The molecule has 0 radical (unpaired) electrons. The van der Waals surface area contributed by atoms with Crippen LogP contribution < -0.4 is 0 Å². The second kappa shape index (κ2) is 13.7. The van der Waals surface area contributed by atoms with Crippen LogP contribution >= 0.6 is 0 Å². The van der Waals surface area contributed by atoms with Crippen LogP contribution in [0.15, 0.2) is 78.9 Å². The predicted molar refractivity (Wildman–Crippen MR) is 114 cm³/mol. The van der Waals surface area contributed by atoms with Crippen molar-refractivity contribution in [2.24, 2.45) is 0 Å². The molecule has 28 heavy (non-hydrogen) atoms. The van der Waals surface area contributed by atoms with Gasteiger partial charge >= 0.3 is 25.6 Å². The van der Waals surface area contributed by atoms with Gasteiger partial charge in [0.2, 0.25) is 0 Å². The fourth-order valence-electron chi connectivity index (χ4n) is 2.65. The van der Waals surface area contributed by atoms with E-state index in [1.54, 1.807) is 14.2 Å². The molecule has 3 aromatic rings. The molecule has 3 aromatic carbocycles. The molecule has 0 amide bonds. The molecule has 0 aliphatic carbocycles. The molecule has 0 atom stereocenters. The van der Waals surface area contributed by atoms with Crippen LogP contribution in [0.4, 0.5) is 0 Å². The SMILES string of the molecule is CO[Si](C)(CCCOCc1ccc(-[c-]2cccc2)cc1)OC.[Fe+2].c1cc[cH-]c1. The minimum Gasteiger partial charge on any atom is -0.398 e. The average molecular weight is 438 g/mol. The predicted octanol–water partition coefficient (Wildman–Crippen LogP) is 5.75. The van der Waals surface area contributed by atoms with Crippen LogP contribution in [-0.2, 0) is 37.3 Å². The van der Waals surface area contributed by atoms with Crippen LogP contribution in [0, 0.1) is 0 Å². The van der Waals surface area contributed by atoms with Crippen molar-refractivity contribution in [1.82, 2.24) is 0 Å². The molecule has 0 fully saturated rings. The minimum atomic E-state index is -1.94. The molecule has 0 aliphatic heterocycles. The van der Waals surface area contributed by atoms with Gasteiger partial charge in [-0.3, -0.25) is 0 Å². The number of hydrogen-bond acceptors (Lipinski definition) is 3. The Hall–Kier alpha value is -1.46. The molecule has 0 N–H and O–H groups in total. The van der Waals surface area contributed by atoms with Crippen LogP contribution in [0.3, 0.4) is 0 Å². The second-order valence-electron chi connectivity index (χ2n) is 6.53. The summed E-state index contributed by atoms with van der Waals surface area (Å²) in [5.74, 6) is 0. The van der Waals surface area contributed by atoms with E-state index >= 15 is 0 Å². The molecule has 0 spiro atoms. The van der Waals surface area contributed by atoms with Gasteiger partial charge < -0.3 is 13.6 Å². The topological polar surface area (TPSA) is 27.7 Å². The van der Waals surface area contributed by atoms with E-state index in [9.17, 15) is 0 Å². The van der Waals surface area contributed by atoms with Crippen molar-refractivity contribution in [3.05, 3.63) is 84.4 Å². The molecule has 0 heterocycles. The molecule has 152 valence electrons. The summed E-state index contributed by atoms with van der Waals surface area (Å²) < 4.78 is 16.7. The normalized spacial score (nSPS) is 10.7. The van der Waals surface area contributed by atoms with Crippen LogP contribution in [0.5, 0.6) is 0 Å². The summed E-state index contributed by atoms with van der Waals surface area (Å²) >= 11 is 0. The van der Waals surface area contributed by atoms with Gasteiger partial charge in [-0.25, -0.2) is 12.1 Å². The van der Waals surface area contributed by atoms with Gasteiger partial charge in [-0.15, -0.1) is 29.8 Å². The Morgan fingerprint density at radius 3 is 2.04 bits per heavy atom. The summed E-state index contributed by atoms with van der Waals surface area (Å²) in [6.45, 7) is 3.47. The third-order valence-corrected chi connectivity index (χ3v) is 7.55. The van der Waals surface area contributed by atoms with E-state index in [0.717, 1.165) is 19.1 Å². The maximum Gasteiger partial charge on any atom is 2.00 e. The molecule has 3 rings (SSSR count). The summed E-state index contributed by atoms with van der Waals surface area (Å²) in [6.07, 6.45) is 0.968. The van der Waals surface area contributed by atoms with E-state index in [2.05, 4.69) is 55.1 Å². The van der Waals surface area contributed by atoms with Crippen molar-refractivity contribution >= 4 is 8.56 Å². The fraction of sp³-hybridized carbons (Fsp3) is 0.304. The summed E-state index contributed by atoms with van der Waals surface area (Å²) in [7, 11) is 1.51. The Kier molecular flexibility index (Phi) is 12.0. The maximum absolute atomic E-state index is 5.75. The molecular weight excluding hydrogens is 408 g/mol. The van der Waals surface area contributed by atoms with E-state index in [0.29, 0.717) is 6.61 Å². The Morgan fingerprint density at radius 1 is 0.929 bits per heavy atom. The third-order valence-electron chi connectivity index (χ3n) is 4.56. The largest absolute Gasteiger partial charge is 2.00 e. The zero-order valence-corrected chi connectivity index (χ0v) is 19.0. The monoisotopic (exact) mass is 438 g/mol. The Labute approximate surface area is 181 Å². The van der Waals surface area contributed by atoms with Gasteiger partial charge in [0.1, 0.15) is 0 Å². The summed E-state index contributed by atoms with van der Waals surface area (Å²) in [6, 6.07) is 27.9. The Morgan fingerprint density at radius 2 is 1.54 bits per heavy atom. The van der Waals surface area contributed by atoms with Crippen molar-refractivity contribution < 1.29 is 30.7 Å². The quantitative estimate of drug-likeness (QED) is 0.242. The van der Waals surface area contributed by atoms with Gasteiger partial charge in [0.25, 0.3) is 0 Å². The van der Waals surface area contributed by atoms with E-state index in [-0.39, 0.29) is 17.1 Å². The van der Waals surface area contributed by atoms with Crippen LogP contribution in [0.1, 0.15) is 12.0 Å². The van der Waals surface area contributed by atoms with E-state index < -0.39 is 8.56 Å². The van der Waals surface area contributed by atoms with E-state index in [4.69, 9.17) is 13.6 Å². The van der Waals surface area contributed by atoms with E-state index in [1.165, 1.54) is 16.7 Å². The molecular formula is C23H30FeO3Si. The zero-order chi connectivity index (χ0) is 19.4. The first-order valence-electron chi connectivity index (χ1n) is 9.32. The molecule has 0 saturated heterocycles. The first-order valence-corrected chi connectivity index (χ1v) is 11.8. The third kappa shape index (κ3) is 8.70. The van der Waals surface area contributed by atoms with Gasteiger partial charge in [0.15, 0.2) is 0 Å². The molecule has 3 nitrogen and oxygen atoms in total. The first-order chi connectivity index (χ1) is 13.2. The van der Waals surface area contributed by atoms with Gasteiger partial charge in [-0.05, 0) is 24.6 Å². The van der Waals surface area contributed by atoms with Gasteiger partial charge in [-0.2, -0.15) is 30.3 Å².